The normalized spacial score (nSPS) is 32.9. The van der Waals surface area contributed by atoms with E-state index in [4.69, 9.17) is 4.74 Å². The van der Waals surface area contributed by atoms with Crippen molar-refractivity contribution in [3.05, 3.63) is 35.9 Å². The SMILES string of the molecule is CC[C@@]12CCC3(O1)C(C(=O)NC1CCCCC1)N([C@@H](CO)CC(C)C)C(=O)[C@@H]3[C@@H]2C(=O)NCc1ccccc1. The molecule has 3 aliphatic heterocycles. The van der Waals surface area contributed by atoms with Crippen molar-refractivity contribution < 1.29 is 24.2 Å². The summed E-state index contributed by atoms with van der Waals surface area (Å²) in [6.07, 6.45) is 7.55. The molecule has 2 unspecified atom stereocenters. The number of ether oxygens (including phenoxy) is 1. The third kappa shape index (κ3) is 4.88. The average Bonchev–Trinajstić information content (AvgIpc) is 3.55. The third-order valence-electron chi connectivity index (χ3n) is 9.76. The first-order chi connectivity index (χ1) is 18.8. The molecule has 0 aromatic heterocycles. The molecule has 4 aliphatic rings. The molecule has 5 rings (SSSR count). The van der Waals surface area contributed by atoms with E-state index in [9.17, 15) is 19.5 Å². The number of likely N-dealkylation sites (tertiary alicyclic amines) is 1. The van der Waals surface area contributed by atoms with Gasteiger partial charge in [-0.3, -0.25) is 14.4 Å². The van der Waals surface area contributed by atoms with Crippen molar-refractivity contribution >= 4 is 17.7 Å². The van der Waals surface area contributed by atoms with Crippen LogP contribution in [0.1, 0.15) is 84.1 Å². The number of carbonyl (C=O) groups is 3. The van der Waals surface area contributed by atoms with Gasteiger partial charge in [0.1, 0.15) is 11.6 Å². The first kappa shape index (κ1) is 28.1. The second-order valence-electron chi connectivity index (χ2n) is 12.6. The number of aliphatic hydroxyl groups excluding tert-OH is 1. The minimum atomic E-state index is -1.06. The van der Waals surface area contributed by atoms with E-state index in [1.165, 1.54) is 6.42 Å². The Hall–Kier alpha value is -2.45. The summed E-state index contributed by atoms with van der Waals surface area (Å²) in [4.78, 5) is 44.0. The van der Waals surface area contributed by atoms with Crippen LogP contribution in [0.5, 0.6) is 0 Å². The summed E-state index contributed by atoms with van der Waals surface area (Å²) in [7, 11) is 0. The number of aliphatic hydroxyl groups is 1. The van der Waals surface area contributed by atoms with Crippen molar-refractivity contribution in [2.45, 2.75) is 114 Å². The number of hydrogen-bond acceptors (Lipinski definition) is 5. The van der Waals surface area contributed by atoms with Gasteiger partial charge in [0, 0.05) is 12.6 Å². The van der Waals surface area contributed by atoms with E-state index < -0.39 is 35.1 Å². The van der Waals surface area contributed by atoms with Gasteiger partial charge in [0.2, 0.25) is 17.7 Å². The lowest BCUT2D eigenvalue weighted by atomic mass is 9.65. The molecule has 8 heteroatoms. The Balaban J connectivity index is 1.49. The lowest BCUT2D eigenvalue weighted by Gasteiger charge is -2.38. The van der Waals surface area contributed by atoms with E-state index in [0.29, 0.717) is 32.2 Å². The molecule has 4 fully saturated rings. The second kappa shape index (κ2) is 11.2. The number of rotatable bonds is 10. The lowest BCUT2D eigenvalue weighted by molar-refractivity contribution is -0.151. The van der Waals surface area contributed by atoms with Gasteiger partial charge in [0.15, 0.2) is 0 Å². The largest absolute Gasteiger partial charge is 0.394 e. The van der Waals surface area contributed by atoms with Gasteiger partial charge in [-0.1, -0.05) is 70.4 Å². The van der Waals surface area contributed by atoms with Crippen LogP contribution in [-0.2, 0) is 25.7 Å². The maximum atomic E-state index is 14.4. The molecule has 3 saturated heterocycles. The van der Waals surface area contributed by atoms with Crippen LogP contribution in [0.4, 0.5) is 0 Å². The predicted molar refractivity (Wildman–Crippen MR) is 147 cm³/mol. The number of fused-ring (bicyclic) bond motifs is 1. The maximum Gasteiger partial charge on any atom is 0.246 e. The Bertz CT molecular complexity index is 1060. The Morgan fingerprint density at radius 2 is 1.82 bits per heavy atom. The Morgan fingerprint density at radius 3 is 2.46 bits per heavy atom. The summed E-state index contributed by atoms with van der Waals surface area (Å²) >= 11 is 0. The van der Waals surface area contributed by atoms with Gasteiger partial charge in [-0.2, -0.15) is 0 Å². The molecule has 1 aliphatic carbocycles. The number of nitrogens with one attached hydrogen (secondary N) is 2. The van der Waals surface area contributed by atoms with Gasteiger partial charge in [-0.15, -0.1) is 0 Å². The van der Waals surface area contributed by atoms with Crippen LogP contribution in [-0.4, -0.2) is 63.7 Å². The number of amides is 3. The summed E-state index contributed by atoms with van der Waals surface area (Å²) in [5, 5.41) is 16.8. The van der Waals surface area contributed by atoms with E-state index in [1.54, 1.807) is 4.90 Å². The van der Waals surface area contributed by atoms with Crippen LogP contribution in [0.25, 0.3) is 0 Å². The molecule has 3 amide bonds. The van der Waals surface area contributed by atoms with Crippen LogP contribution >= 0.6 is 0 Å². The molecule has 1 aromatic rings. The summed E-state index contributed by atoms with van der Waals surface area (Å²) in [5.74, 6) is -1.82. The molecule has 3 heterocycles. The van der Waals surface area contributed by atoms with Crippen molar-refractivity contribution in [2.75, 3.05) is 6.61 Å². The topological polar surface area (TPSA) is 108 Å². The zero-order valence-corrected chi connectivity index (χ0v) is 23.7. The van der Waals surface area contributed by atoms with Gasteiger partial charge in [0.05, 0.1) is 30.1 Å². The van der Waals surface area contributed by atoms with E-state index in [0.717, 1.165) is 31.2 Å². The van der Waals surface area contributed by atoms with Gasteiger partial charge in [-0.05, 0) is 50.0 Å². The molecule has 2 bridgehead atoms. The predicted octanol–water partition coefficient (Wildman–Crippen LogP) is 3.31. The molecule has 214 valence electrons. The van der Waals surface area contributed by atoms with Crippen molar-refractivity contribution in [3.63, 3.8) is 0 Å². The van der Waals surface area contributed by atoms with Gasteiger partial charge in [-0.25, -0.2) is 0 Å². The van der Waals surface area contributed by atoms with Crippen LogP contribution in [0.15, 0.2) is 30.3 Å². The zero-order chi connectivity index (χ0) is 27.8. The highest BCUT2D eigenvalue weighted by Gasteiger charge is 2.79. The smallest absolute Gasteiger partial charge is 0.246 e. The summed E-state index contributed by atoms with van der Waals surface area (Å²) in [6.45, 7) is 6.24. The van der Waals surface area contributed by atoms with E-state index in [1.807, 2.05) is 51.1 Å². The Kier molecular flexibility index (Phi) is 8.07. The monoisotopic (exact) mass is 539 g/mol. The van der Waals surface area contributed by atoms with Crippen molar-refractivity contribution in [1.82, 2.24) is 15.5 Å². The Morgan fingerprint density at radius 1 is 1.10 bits per heavy atom. The van der Waals surface area contributed by atoms with Crippen molar-refractivity contribution in [2.24, 2.45) is 17.8 Å². The number of nitrogens with zero attached hydrogens (tertiary/aromatic N) is 1. The molecule has 1 spiro atoms. The minimum Gasteiger partial charge on any atom is -0.394 e. The summed E-state index contributed by atoms with van der Waals surface area (Å²) < 4.78 is 6.86. The number of benzene rings is 1. The molecular weight excluding hydrogens is 494 g/mol. The first-order valence-electron chi connectivity index (χ1n) is 15.0. The minimum absolute atomic E-state index is 0.0834. The summed E-state index contributed by atoms with van der Waals surface area (Å²) in [5.41, 5.74) is -0.856. The van der Waals surface area contributed by atoms with Gasteiger partial charge in [0.25, 0.3) is 0 Å². The van der Waals surface area contributed by atoms with Crippen molar-refractivity contribution in [3.8, 4) is 0 Å². The molecule has 39 heavy (non-hydrogen) atoms. The van der Waals surface area contributed by atoms with E-state index in [2.05, 4.69) is 10.6 Å². The average molecular weight is 540 g/mol. The molecule has 1 aromatic carbocycles. The standard InChI is InChI=1S/C31H45N3O5/c1-4-30-15-16-31(39-30)25(24(30)27(36)32-18-21-11-7-5-8-12-21)29(38)34(23(19-35)17-20(2)3)26(31)28(37)33-22-13-9-6-10-14-22/h5,7-8,11-12,20,22-26,35H,4,6,9-10,13-19H2,1-3H3,(H,32,36)(H,33,37)/t23-,24-,25+,26?,30+,31?/m1/s1. The fourth-order valence-corrected chi connectivity index (χ4v) is 7.99. The molecule has 1 saturated carbocycles. The summed E-state index contributed by atoms with van der Waals surface area (Å²) in [6, 6.07) is 8.44. The van der Waals surface area contributed by atoms with Gasteiger partial charge >= 0.3 is 0 Å². The molecule has 3 N–H and O–H groups in total. The maximum absolute atomic E-state index is 14.4. The van der Waals surface area contributed by atoms with Crippen LogP contribution < -0.4 is 10.6 Å². The molecular formula is C31H45N3O5. The van der Waals surface area contributed by atoms with Crippen LogP contribution in [0.2, 0.25) is 0 Å². The fraction of sp³-hybridized carbons (Fsp3) is 0.710. The third-order valence-corrected chi connectivity index (χ3v) is 9.76. The second-order valence-corrected chi connectivity index (χ2v) is 12.6. The lowest BCUT2D eigenvalue weighted by Crippen LogP contribution is -2.59. The van der Waals surface area contributed by atoms with E-state index in [-0.39, 0.29) is 36.3 Å². The molecule has 0 radical (unpaired) electrons. The highest BCUT2D eigenvalue weighted by Crippen LogP contribution is 2.64. The fourth-order valence-electron chi connectivity index (χ4n) is 7.99. The molecule has 6 atom stereocenters. The number of carbonyl (C=O) groups excluding carboxylic acids is 3. The highest BCUT2D eigenvalue weighted by molar-refractivity contribution is 5.99. The van der Waals surface area contributed by atoms with Crippen LogP contribution in [0.3, 0.4) is 0 Å². The highest BCUT2D eigenvalue weighted by atomic mass is 16.5. The quantitative estimate of drug-likeness (QED) is 0.423. The molecule has 8 nitrogen and oxygen atoms in total. The van der Waals surface area contributed by atoms with Gasteiger partial charge < -0.3 is 25.4 Å². The van der Waals surface area contributed by atoms with Crippen molar-refractivity contribution in [1.29, 1.82) is 0 Å². The van der Waals surface area contributed by atoms with E-state index >= 15 is 0 Å². The first-order valence-corrected chi connectivity index (χ1v) is 15.0. The Labute approximate surface area is 232 Å². The number of hydrogen-bond donors (Lipinski definition) is 3. The zero-order valence-electron chi connectivity index (χ0n) is 23.7. The van der Waals surface area contributed by atoms with Crippen LogP contribution in [0, 0.1) is 17.8 Å².